The number of rotatable bonds is 0. The molecule has 0 rings (SSSR count). The normalized spacial score (nSPS) is 7.25. The Balaban J connectivity index is -0.0000000267. The fourth-order valence-electron chi connectivity index (χ4n) is 0. The van der Waals surface area contributed by atoms with E-state index in [1.807, 2.05) is 0 Å². The second kappa shape index (κ2) is 7.94. The molecule has 3 nitrogen and oxygen atoms in total. The molecule has 1 N–H and O–H groups in total. The van der Waals surface area contributed by atoms with Gasteiger partial charge < -0.3 is 14.9 Å². The van der Waals surface area contributed by atoms with Crippen molar-refractivity contribution in [3.63, 3.8) is 0 Å². The molecular formula is C2H7AuClO3S-2. The van der Waals surface area contributed by atoms with Crippen molar-refractivity contribution in [2.45, 2.75) is 0 Å². The molecule has 0 bridgehead atoms. The van der Waals surface area contributed by atoms with Crippen LogP contribution in [0.5, 0.6) is 0 Å². The van der Waals surface area contributed by atoms with Crippen LogP contribution in [-0.2, 0) is 31.7 Å². The number of halogens is 1. The Morgan fingerprint density at radius 1 is 1.25 bits per heavy atom. The zero-order chi connectivity index (χ0) is 4.50. The van der Waals surface area contributed by atoms with Crippen molar-refractivity contribution in [1.29, 1.82) is 0 Å². The Bertz CT molecular complexity index is 100. The second-order valence-corrected chi connectivity index (χ2v) is 2.41. The molecule has 0 aliphatic heterocycles. The molecular weight excluding hydrogens is 337 g/mol. The molecule has 0 atom stereocenters. The Labute approximate surface area is 70.2 Å². The summed E-state index contributed by atoms with van der Waals surface area (Å²) in [5.74, 6) is 0. The van der Waals surface area contributed by atoms with E-state index in [1.54, 1.807) is 0 Å². The van der Waals surface area contributed by atoms with Crippen molar-refractivity contribution < 1.29 is 35.4 Å². The zero-order valence-electron chi connectivity index (χ0n) is 4.35. The standard InChI is InChI=1S/2CH3.Au.ClHO3S/c;;;1-5(2,3)4/h2*1H3;;(H,2,3,4)/q2*-1;;. The van der Waals surface area contributed by atoms with Gasteiger partial charge in [0.15, 0.2) is 0 Å². The summed E-state index contributed by atoms with van der Waals surface area (Å²) >= 11 is 0. The van der Waals surface area contributed by atoms with Gasteiger partial charge in [-0.3, -0.25) is 4.55 Å². The summed E-state index contributed by atoms with van der Waals surface area (Å²) in [5.41, 5.74) is 0. The maximum atomic E-state index is 8.95. The summed E-state index contributed by atoms with van der Waals surface area (Å²) in [6, 6.07) is 0. The van der Waals surface area contributed by atoms with Crippen LogP contribution in [0, 0.1) is 14.9 Å². The van der Waals surface area contributed by atoms with Crippen molar-refractivity contribution in [3.05, 3.63) is 14.9 Å². The SMILES string of the molecule is O=S(=O)(O)Cl.[Au].[CH3-].[CH3-]. The molecule has 0 aromatic rings. The van der Waals surface area contributed by atoms with Gasteiger partial charge in [0.05, 0.1) is 0 Å². The molecule has 8 heavy (non-hydrogen) atoms. The van der Waals surface area contributed by atoms with Crippen molar-refractivity contribution in [2.75, 3.05) is 0 Å². The van der Waals surface area contributed by atoms with E-state index in [4.69, 9.17) is 13.0 Å². The zero-order valence-corrected chi connectivity index (χ0v) is 8.09. The van der Waals surface area contributed by atoms with Crippen LogP contribution < -0.4 is 0 Å². The summed E-state index contributed by atoms with van der Waals surface area (Å²) in [5, 5.41) is 0. The number of hydrogen-bond donors (Lipinski definition) is 1. The molecule has 0 heterocycles. The molecule has 0 fully saturated rings. The first kappa shape index (κ1) is 23.1. The smallest absolute Gasteiger partial charge is 0.353 e. The van der Waals surface area contributed by atoms with Gasteiger partial charge in [0.25, 0.3) is 0 Å². The average Bonchev–Trinajstić information content (AvgIpc) is 0.722. The van der Waals surface area contributed by atoms with Crippen LogP contribution in [-0.4, -0.2) is 13.0 Å². The largest absolute Gasteiger partial charge is 0.358 e. The fourth-order valence-corrected chi connectivity index (χ4v) is 0. The van der Waals surface area contributed by atoms with Crippen LogP contribution in [0.4, 0.5) is 0 Å². The summed E-state index contributed by atoms with van der Waals surface area (Å²) in [7, 11) is -0.137. The molecule has 6 heteroatoms. The van der Waals surface area contributed by atoms with Crippen LogP contribution in [0.25, 0.3) is 0 Å². The van der Waals surface area contributed by atoms with Crippen LogP contribution in [0.2, 0.25) is 0 Å². The third-order valence-electron chi connectivity index (χ3n) is 0. The molecule has 0 aliphatic carbocycles. The van der Waals surface area contributed by atoms with Crippen molar-refractivity contribution in [2.24, 2.45) is 0 Å². The summed E-state index contributed by atoms with van der Waals surface area (Å²) < 4.78 is 25.2. The molecule has 59 valence electrons. The Morgan fingerprint density at radius 2 is 1.25 bits per heavy atom. The molecule has 0 unspecified atom stereocenters. The molecule has 1 radical (unpaired) electrons. The van der Waals surface area contributed by atoms with Crippen LogP contribution >= 0.6 is 10.7 Å². The predicted octanol–water partition coefficient (Wildman–Crippen LogP) is 0.926. The fraction of sp³-hybridized carbons (Fsp3) is 0. The van der Waals surface area contributed by atoms with E-state index in [0.717, 1.165) is 0 Å². The topological polar surface area (TPSA) is 54.4 Å². The Hall–Kier alpha value is 0.940. The van der Waals surface area contributed by atoms with Crippen molar-refractivity contribution in [3.8, 4) is 0 Å². The molecule has 0 spiro atoms. The van der Waals surface area contributed by atoms with Crippen molar-refractivity contribution in [1.82, 2.24) is 0 Å². The number of hydrogen-bond acceptors (Lipinski definition) is 2. The Morgan fingerprint density at radius 3 is 1.25 bits per heavy atom. The van der Waals surface area contributed by atoms with Crippen LogP contribution in [0.1, 0.15) is 0 Å². The monoisotopic (exact) mass is 343 g/mol. The van der Waals surface area contributed by atoms with E-state index >= 15 is 0 Å². The minimum Gasteiger partial charge on any atom is -0.358 e. The first-order valence-electron chi connectivity index (χ1n) is 0.670. The molecule has 0 saturated heterocycles. The van der Waals surface area contributed by atoms with Gasteiger partial charge in [0, 0.05) is 33.1 Å². The van der Waals surface area contributed by atoms with E-state index in [1.165, 1.54) is 0 Å². The molecule has 0 aromatic heterocycles. The minimum absolute atomic E-state index is 0. The predicted molar refractivity (Wildman–Crippen MR) is 30.2 cm³/mol. The van der Waals surface area contributed by atoms with Gasteiger partial charge in [0.2, 0.25) is 0 Å². The van der Waals surface area contributed by atoms with Crippen LogP contribution in [0.3, 0.4) is 0 Å². The first-order chi connectivity index (χ1) is 2.00. The third-order valence-corrected chi connectivity index (χ3v) is 0. The average molecular weight is 344 g/mol. The van der Waals surface area contributed by atoms with Gasteiger partial charge >= 0.3 is 9.33 Å². The summed E-state index contributed by atoms with van der Waals surface area (Å²) in [6.45, 7) is 0. The second-order valence-electron chi connectivity index (χ2n) is 0.412. The van der Waals surface area contributed by atoms with E-state index < -0.39 is 9.33 Å². The van der Waals surface area contributed by atoms with Crippen molar-refractivity contribution >= 4 is 20.0 Å². The van der Waals surface area contributed by atoms with Gasteiger partial charge in [0.1, 0.15) is 0 Å². The van der Waals surface area contributed by atoms with Gasteiger partial charge in [-0.1, -0.05) is 0 Å². The quantitative estimate of drug-likeness (QED) is 0.308. The Kier molecular flexibility index (Phi) is 22.9. The van der Waals surface area contributed by atoms with E-state index in [9.17, 15) is 0 Å². The third kappa shape index (κ3) is 277. The van der Waals surface area contributed by atoms with E-state index in [0.29, 0.717) is 0 Å². The maximum absolute atomic E-state index is 8.95. The first-order valence-corrected chi connectivity index (χ1v) is 2.94. The summed E-state index contributed by atoms with van der Waals surface area (Å²) in [6.07, 6.45) is 0. The summed E-state index contributed by atoms with van der Waals surface area (Å²) in [4.78, 5) is 0. The van der Waals surface area contributed by atoms with Gasteiger partial charge in [-0.15, -0.1) is 0 Å². The van der Waals surface area contributed by atoms with Crippen LogP contribution in [0.15, 0.2) is 0 Å². The van der Waals surface area contributed by atoms with E-state index in [2.05, 4.69) is 10.7 Å². The van der Waals surface area contributed by atoms with E-state index in [-0.39, 0.29) is 37.2 Å². The maximum Gasteiger partial charge on any atom is 0.353 e. The van der Waals surface area contributed by atoms with Gasteiger partial charge in [-0.25, -0.2) is 0 Å². The molecule has 0 aromatic carbocycles. The molecule has 0 amide bonds. The molecule has 0 aliphatic rings. The minimum atomic E-state index is -4.19. The van der Waals surface area contributed by atoms with Gasteiger partial charge in [-0.05, 0) is 0 Å². The molecule has 0 saturated carbocycles. The van der Waals surface area contributed by atoms with Gasteiger partial charge in [-0.2, -0.15) is 8.42 Å².